The standard InChI is InChI=1S/C13H10BrNO2/c1-9(16)10-6-7-15-13(8-10)17-12-5-3-2-4-11(12)14/h2-8H,1H3. The second-order valence-corrected chi connectivity index (χ2v) is 4.33. The van der Waals surface area contributed by atoms with Gasteiger partial charge in [0.05, 0.1) is 4.47 Å². The van der Waals surface area contributed by atoms with E-state index in [2.05, 4.69) is 20.9 Å². The monoisotopic (exact) mass is 291 g/mol. The molecule has 17 heavy (non-hydrogen) atoms. The zero-order valence-corrected chi connectivity index (χ0v) is 10.8. The molecule has 3 nitrogen and oxygen atoms in total. The third-order valence-corrected chi connectivity index (χ3v) is 2.85. The molecule has 1 aromatic carbocycles. The van der Waals surface area contributed by atoms with Crippen molar-refractivity contribution in [1.82, 2.24) is 4.98 Å². The van der Waals surface area contributed by atoms with Crippen LogP contribution in [0.2, 0.25) is 0 Å². The van der Waals surface area contributed by atoms with E-state index in [1.807, 2.05) is 24.3 Å². The quantitative estimate of drug-likeness (QED) is 0.807. The summed E-state index contributed by atoms with van der Waals surface area (Å²) in [5.74, 6) is 1.06. The highest BCUT2D eigenvalue weighted by molar-refractivity contribution is 9.10. The zero-order valence-electron chi connectivity index (χ0n) is 9.18. The summed E-state index contributed by atoms with van der Waals surface area (Å²) < 4.78 is 6.43. The first-order valence-corrected chi connectivity index (χ1v) is 5.85. The third-order valence-electron chi connectivity index (χ3n) is 2.19. The van der Waals surface area contributed by atoms with Gasteiger partial charge in [0.15, 0.2) is 5.78 Å². The third kappa shape index (κ3) is 2.91. The summed E-state index contributed by atoms with van der Waals surface area (Å²) in [6.07, 6.45) is 1.56. The summed E-state index contributed by atoms with van der Waals surface area (Å²) in [4.78, 5) is 15.3. The molecule has 0 spiro atoms. The number of Topliss-reactive ketones (excluding diaryl/α,β-unsaturated/α-hetero) is 1. The second kappa shape index (κ2) is 5.10. The summed E-state index contributed by atoms with van der Waals surface area (Å²) in [6, 6.07) is 10.8. The van der Waals surface area contributed by atoms with Crippen molar-refractivity contribution in [2.75, 3.05) is 0 Å². The van der Waals surface area contributed by atoms with Gasteiger partial charge in [0.2, 0.25) is 5.88 Å². The highest BCUT2D eigenvalue weighted by atomic mass is 79.9. The van der Waals surface area contributed by atoms with Crippen LogP contribution in [0.15, 0.2) is 47.1 Å². The predicted molar refractivity (Wildman–Crippen MR) is 68.5 cm³/mol. The van der Waals surface area contributed by atoms with Crippen molar-refractivity contribution in [1.29, 1.82) is 0 Å². The molecular formula is C13H10BrNO2. The fourth-order valence-electron chi connectivity index (χ4n) is 1.32. The molecule has 0 amide bonds. The lowest BCUT2D eigenvalue weighted by Gasteiger charge is -2.06. The van der Waals surface area contributed by atoms with Crippen LogP contribution in [0.3, 0.4) is 0 Å². The minimum atomic E-state index is -0.00984. The Bertz CT molecular complexity index is 555. The van der Waals surface area contributed by atoms with Gasteiger partial charge in [-0.05, 0) is 41.1 Å². The molecule has 0 unspecified atom stereocenters. The van der Waals surface area contributed by atoms with Gasteiger partial charge in [-0.2, -0.15) is 0 Å². The lowest BCUT2D eigenvalue weighted by atomic mass is 10.2. The van der Waals surface area contributed by atoms with Gasteiger partial charge in [-0.15, -0.1) is 0 Å². The van der Waals surface area contributed by atoms with E-state index in [0.29, 0.717) is 17.2 Å². The highest BCUT2D eigenvalue weighted by Crippen LogP contribution is 2.28. The van der Waals surface area contributed by atoms with Gasteiger partial charge >= 0.3 is 0 Å². The molecule has 0 aliphatic heterocycles. The maximum Gasteiger partial charge on any atom is 0.219 e. The first-order chi connectivity index (χ1) is 8.16. The first-order valence-electron chi connectivity index (χ1n) is 5.06. The molecule has 0 aliphatic rings. The average molecular weight is 292 g/mol. The predicted octanol–water partition coefficient (Wildman–Crippen LogP) is 3.84. The number of pyridine rings is 1. The Morgan fingerprint density at radius 2 is 2.06 bits per heavy atom. The number of hydrogen-bond donors (Lipinski definition) is 0. The molecule has 4 heteroatoms. The molecule has 0 atom stereocenters. The van der Waals surface area contributed by atoms with Crippen molar-refractivity contribution < 1.29 is 9.53 Å². The molecule has 0 radical (unpaired) electrons. The van der Waals surface area contributed by atoms with E-state index < -0.39 is 0 Å². The molecular weight excluding hydrogens is 282 g/mol. The Morgan fingerprint density at radius 3 is 2.76 bits per heavy atom. The van der Waals surface area contributed by atoms with E-state index in [1.165, 1.54) is 6.92 Å². The Morgan fingerprint density at radius 1 is 1.29 bits per heavy atom. The maximum atomic E-state index is 11.2. The second-order valence-electron chi connectivity index (χ2n) is 3.47. The molecule has 2 aromatic rings. The van der Waals surface area contributed by atoms with Crippen LogP contribution in [0.1, 0.15) is 17.3 Å². The molecule has 0 aliphatic carbocycles. The van der Waals surface area contributed by atoms with E-state index in [-0.39, 0.29) is 5.78 Å². The van der Waals surface area contributed by atoms with Gasteiger partial charge in [-0.1, -0.05) is 12.1 Å². The Hall–Kier alpha value is -1.68. The van der Waals surface area contributed by atoms with Crippen LogP contribution < -0.4 is 4.74 Å². The van der Waals surface area contributed by atoms with E-state index >= 15 is 0 Å². The summed E-state index contributed by atoms with van der Waals surface area (Å²) in [6.45, 7) is 1.51. The topological polar surface area (TPSA) is 39.2 Å². The summed E-state index contributed by atoms with van der Waals surface area (Å²) >= 11 is 3.38. The summed E-state index contributed by atoms with van der Waals surface area (Å²) in [5.41, 5.74) is 0.585. The smallest absolute Gasteiger partial charge is 0.219 e. The van der Waals surface area contributed by atoms with Crippen molar-refractivity contribution in [2.24, 2.45) is 0 Å². The lowest BCUT2D eigenvalue weighted by Crippen LogP contribution is -1.95. The Balaban J connectivity index is 2.28. The molecule has 1 aromatic heterocycles. The fraction of sp³-hybridized carbons (Fsp3) is 0.0769. The van der Waals surface area contributed by atoms with Gasteiger partial charge < -0.3 is 4.74 Å². The average Bonchev–Trinajstić information content (AvgIpc) is 2.32. The molecule has 0 saturated carbocycles. The Labute approximate surface area is 108 Å². The first kappa shape index (κ1) is 11.8. The highest BCUT2D eigenvalue weighted by Gasteiger charge is 2.05. The van der Waals surface area contributed by atoms with Gasteiger partial charge in [-0.25, -0.2) is 4.98 Å². The van der Waals surface area contributed by atoms with Gasteiger partial charge in [0.1, 0.15) is 5.75 Å². The van der Waals surface area contributed by atoms with Crippen LogP contribution in [0.4, 0.5) is 0 Å². The number of rotatable bonds is 3. The van der Waals surface area contributed by atoms with Crippen molar-refractivity contribution >= 4 is 21.7 Å². The minimum absolute atomic E-state index is 0.00984. The fourth-order valence-corrected chi connectivity index (χ4v) is 1.69. The number of carbonyl (C=O) groups excluding carboxylic acids is 1. The number of aromatic nitrogens is 1. The summed E-state index contributed by atoms with van der Waals surface area (Å²) in [7, 11) is 0. The van der Waals surface area contributed by atoms with E-state index in [9.17, 15) is 4.79 Å². The number of ether oxygens (including phenoxy) is 1. The van der Waals surface area contributed by atoms with Gasteiger partial charge in [-0.3, -0.25) is 4.79 Å². The van der Waals surface area contributed by atoms with Crippen LogP contribution >= 0.6 is 15.9 Å². The molecule has 2 rings (SSSR count). The van der Waals surface area contributed by atoms with E-state index in [4.69, 9.17) is 4.74 Å². The van der Waals surface area contributed by atoms with Crippen LogP contribution in [0.25, 0.3) is 0 Å². The molecule has 0 saturated heterocycles. The number of hydrogen-bond acceptors (Lipinski definition) is 3. The van der Waals surface area contributed by atoms with E-state index in [1.54, 1.807) is 18.3 Å². The number of benzene rings is 1. The molecule has 86 valence electrons. The zero-order chi connectivity index (χ0) is 12.3. The lowest BCUT2D eigenvalue weighted by molar-refractivity contribution is 0.101. The minimum Gasteiger partial charge on any atom is -0.438 e. The number of carbonyl (C=O) groups is 1. The van der Waals surface area contributed by atoms with Crippen LogP contribution in [0.5, 0.6) is 11.6 Å². The molecule has 0 fully saturated rings. The van der Waals surface area contributed by atoms with Crippen molar-refractivity contribution in [3.8, 4) is 11.6 Å². The summed E-state index contributed by atoms with van der Waals surface area (Å²) in [5, 5.41) is 0. The Kier molecular flexibility index (Phi) is 3.54. The normalized spacial score (nSPS) is 10.0. The SMILES string of the molecule is CC(=O)c1ccnc(Oc2ccccc2Br)c1. The van der Waals surface area contributed by atoms with Crippen molar-refractivity contribution in [3.05, 3.63) is 52.6 Å². The van der Waals surface area contributed by atoms with Gasteiger partial charge in [0, 0.05) is 17.8 Å². The van der Waals surface area contributed by atoms with Crippen LogP contribution in [0, 0.1) is 0 Å². The molecule has 0 N–H and O–H groups in total. The number of halogens is 1. The van der Waals surface area contributed by atoms with Crippen LogP contribution in [-0.4, -0.2) is 10.8 Å². The molecule has 1 heterocycles. The largest absolute Gasteiger partial charge is 0.438 e. The number of ketones is 1. The van der Waals surface area contributed by atoms with E-state index in [0.717, 1.165) is 4.47 Å². The number of nitrogens with zero attached hydrogens (tertiary/aromatic N) is 1. The van der Waals surface area contributed by atoms with Gasteiger partial charge in [0.25, 0.3) is 0 Å². The van der Waals surface area contributed by atoms with Crippen molar-refractivity contribution in [3.63, 3.8) is 0 Å². The van der Waals surface area contributed by atoms with Crippen LogP contribution in [-0.2, 0) is 0 Å². The maximum absolute atomic E-state index is 11.2. The molecule has 0 bridgehead atoms. The number of para-hydroxylation sites is 1. The van der Waals surface area contributed by atoms with Crippen molar-refractivity contribution in [2.45, 2.75) is 6.92 Å².